The normalized spacial score (nSPS) is 15.1. The van der Waals surface area contributed by atoms with Crippen LogP contribution in [0.5, 0.6) is 0 Å². The molecular weight excluding hydrogens is 466 g/mol. The minimum atomic E-state index is -3.63. The van der Waals surface area contributed by atoms with Crippen LogP contribution >= 0.6 is 0 Å². The molecule has 1 aliphatic rings. The molecule has 0 atom stereocenters. The lowest BCUT2D eigenvalue weighted by Gasteiger charge is -2.34. The minimum Gasteiger partial charge on any atom is -0.338 e. The Morgan fingerprint density at radius 3 is 1.89 bits per heavy atom. The van der Waals surface area contributed by atoms with Crippen molar-refractivity contribution in [1.82, 2.24) is 19.8 Å². The molecule has 1 saturated heterocycles. The van der Waals surface area contributed by atoms with Gasteiger partial charge in [-0.2, -0.15) is 4.31 Å². The third kappa shape index (κ3) is 5.34. The average Bonchev–Trinajstić information content (AvgIpc) is 2.88. The van der Waals surface area contributed by atoms with Crippen molar-refractivity contribution in [2.45, 2.75) is 31.1 Å². The number of hydroxylamine groups is 1. The summed E-state index contributed by atoms with van der Waals surface area (Å²) in [6.07, 6.45) is 2.63. The van der Waals surface area contributed by atoms with Crippen LogP contribution in [0.25, 0.3) is 11.1 Å². The monoisotopic (exact) mass is 495 g/mol. The molecule has 2 aromatic carbocycles. The van der Waals surface area contributed by atoms with Crippen LogP contribution in [0.15, 0.2) is 65.8 Å². The lowest BCUT2D eigenvalue weighted by Crippen LogP contribution is -2.49. The van der Waals surface area contributed by atoms with Gasteiger partial charge in [-0.05, 0) is 34.2 Å². The molecule has 10 heteroatoms. The number of carbonyl (C=O) groups excluding carboxylic acids is 1. The van der Waals surface area contributed by atoms with E-state index in [0.29, 0.717) is 32.1 Å². The minimum absolute atomic E-state index is 0.0759. The maximum absolute atomic E-state index is 13.2. The number of hydrogen-bond donors (Lipinski definition) is 2. The molecule has 0 saturated carbocycles. The van der Waals surface area contributed by atoms with Crippen molar-refractivity contribution < 1.29 is 18.4 Å². The van der Waals surface area contributed by atoms with E-state index in [1.807, 2.05) is 17.0 Å². The molecule has 0 radical (unpaired) electrons. The fraction of sp³-hybridized carbons (Fsp3) is 0.320. The first-order valence-electron chi connectivity index (χ1n) is 11.3. The zero-order valence-electron chi connectivity index (χ0n) is 20.0. The summed E-state index contributed by atoms with van der Waals surface area (Å²) in [5, 5.41) is 8.69. The number of nitrogens with one attached hydrogen (secondary N) is 1. The van der Waals surface area contributed by atoms with E-state index in [9.17, 15) is 13.2 Å². The Balaban J connectivity index is 1.41. The van der Waals surface area contributed by atoms with Crippen LogP contribution in [0.2, 0.25) is 0 Å². The van der Waals surface area contributed by atoms with Gasteiger partial charge in [0.1, 0.15) is 0 Å². The number of piperazine rings is 1. The summed E-state index contributed by atoms with van der Waals surface area (Å²) in [4.78, 5) is 21.8. The molecule has 4 rings (SSSR count). The second kappa shape index (κ2) is 9.73. The SMILES string of the molecule is CC(C)(C)c1ccc(-c2ccc(S(=O)(=O)N3CCN(c4ncc(C(=O)NO)cn4)CC3)cc2)cc1. The molecule has 0 unspecified atom stereocenters. The number of carbonyl (C=O) groups is 1. The van der Waals surface area contributed by atoms with Crippen molar-refractivity contribution in [2.24, 2.45) is 0 Å². The quantitative estimate of drug-likeness (QED) is 0.413. The smallest absolute Gasteiger partial charge is 0.277 e. The molecule has 0 bridgehead atoms. The Hall–Kier alpha value is -3.34. The maximum Gasteiger partial charge on any atom is 0.277 e. The van der Waals surface area contributed by atoms with Gasteiger partial charge in [-0.3, -0.25) is 10.0 Å². The first-order chi connectivity index (χ1) is 16.6. The Kier molecular flexibility index (Phi) is 6.88. The van der Waals surface area contributed by atoms with E-state index < -0.39 is 15.9 Å². The number of rotatable bonds is 5. The number of sulfonamides is 1. The zero-order valence-corrected chi connectivity index (χ0v) is 20.8. The summed E-state index contributed by atoms with van der Waals surface area (Å²) in [5.74, 6) is -0.293. The summed E-state index contributed by atoms with van der Waals surface area (Å²) in [6.45, 7) is 7.93. The highest BCUT2D eigenvalue weighted by molar-refractivity contribution is 7.89. The summed E-state index contributed by atoms with van der Waals surface area (Å²) >= 11 is 0. The van der Waals surface area contributed by atoms with Crippen LogP contribution in [-0.4, -0.2) is 60.0 Å². The fourth-order valence-corrected chi connectivity index (χ4v) is 5.35. The third-order valence-electron chi connectivity index (χ3n) is 6.10. The molecule has 1 fully saturated rings. The maximum atomic E-state index is 13.2. The Morgan fingerprint density at radius 2 is 1.40 bits per heavy atom. The van der Waals surface area contributed by atoms with E-state index in [4.69, 9.17) is 5.21 Å². The lowest BCUT2D eigenvalue weighted by atomic mass is 9.86. The highest BCUT2D eigenvalue weighted by Gasteiger charge is 2.29. The van der Waals surface area contributed by atoms with Crippen LogP contribution < -0.4 is 10.4 Å². The predicted molar refractivity (Wildman–Crippen MR) is 133 cm³/mol. The average molecular weight is 496 g/mol. The number of benzene rings is 2. The predicted octanol–water partition coefficient (Wildman–Crippen LogP) is 3.07. The summed E-state index contributed by atoms with van der Waals surface area (Å²) < 4.78 is 27.9. The lowest BCUT2D eigenvalue weighted by molar-refractivity contribution is 0.0705. The van der Waals surface area contributed by atoms with Gasteiger partial charge in [-0.1, -0.05) is 57.2 Å². The van der Waals surface area contributed by atoms with Crippen LogP contribution in [0.4, 0.5) is 5.95 Å². The van der Waals surface area contributed by atoms with E-state index in [1.165, 1.54) is 27.7 Å². The van der Waals surface area contributed by atoms with Gasteiger partial charge in [0.05, 0.1) is 10.5 Å². The number of nitrogens with zero attached hydrogens (tertiary/aromatic N) is 4. The van der Waals surface area contributed by atoms with E-state index >= 15 is 0 Å². The molecular formula is C25H29N5O4S. The molecule has 0 spiro atoms. The van der Waals surface area contributed by atoms with Crippen molar-refractivity contribution >= 4 is 21.9 Å². The highest BCUT2D eigenvalue weighted by atomic mass is 32.2. The standard InChI is InChI=1S/C25H29N5O4S/c1-25(2,3)21-8-4-18(5-9-21)19-6-10-22(11-7-19)35(33,34)30-14-12-29(13-15-30)24-26-16-20(17-27-24)23(31)28-32/h4-11,16-17,32H,12-15H2,1-3H3,(H,28,31). The molecule has 1 aliphatic heterocycles. The molecule has 1 amide bonds. The van der Waals surface area contributed by atoms with Crippen molar-refractivity contribution in [3.8, 4) is 11.1 Å². The van der Waals surface area contributed by atoms with E-state index in [2.05, 4.69) is 55.0 Å². The number of anilines is 1. The molecule has 0 aliphatic carbocycles. The van der Waals surface area contributed by atoms with E-state index in [1.54, 1.807) is 12.1 Å². The van der Waals surface area contributed by atoms with Crippen LogP contribution in [-0.2, 0) is 15.4 Å². The van der Waals surface area contributed by atoms with Crippen molar-refractivity contribution in [1.29, 1.82) is 0 Å². The zero-order chi connectivity index (χ0) is 25.2. The summed E-state index contributed by atoms with van der Waals surface area (Å²) in [6, 6.07) is 15.3. The van der Waals surface area contributed by atoms with Gasteiger partial charge in [0.25, 0.3) is 5.91 Å². The summed E-state index contributed by atoms with van der Waals surface area (Å²) in [5.41, 5.74) is 4.99. The molecule has 184 valence electrons. The van der Waals surface area contributed by atoms with Gasteiger partial charge in [-0.15, -0.1) is 0 Å². The van der Waals surface area contributed by atoms with Crippen LogP contribution in [0.3, 0.4) is 0 Å². The van der Waals surface area contributed by atoms with Crippen molar-refractivity contribution in [2.75, 3.05) is 31.1 Å². The van der Waals surface area contributed by atoms with Gasteiger partial charge < -0.3 is 4.90 Å². The molecule has 3 aromatic rings. The number of amides is 1. The van der Waals surface area contributed by atoms with Crippen molar-refractivity contribution in [3.05, 3.63) is 72.1 Å². The summed E-state index contributed by atoms with van der Waals surface area (Å²) in [7, 11) is -3.63. The number of hydrogen-bond acceptors (Lipinski definition) is 7. The van der Waals surface area contributed by atoms with E-state index in [0.717, 1.165) is 11.1 Å². The van der Waals surface area contributed by atoms with Crippen LogP contribution in [0.1, 0.15) is 36.7 Å². The first-order valence-corrected chi connectivity index (χ1v) is 12.8. The van der Waals surface area contributed by atoms with Gasteiger partial charge in [0.15, 0.2) is 0 Å². The van der Waals surface area contributed by atoms with Gasteiger partial charge >= 0.3 is 0 Å². The molecule has 35 heavy (non-hydrogen) atoms. The van der Waals surface area contributed by atoms with Gasteiger partial charge in [-0.25, -0.2) is 23.9 Å². The fourth-order valence-electron chi connectivity index (χ4n) is 3.93. The second-order valence-corrected chi connectivity index (χ2v) is 11.4. The largest absolute Gasteiger partial charge is 0.338 e. The first kappa shape index (κ1) is 24.8. The molecule has 1 aromatic heterocycles. The Bertz CT molecular complexity index is 1280. The molecule has 9 nitrogen and oxygen atoms in total. The molecule has 2 heterocycles. The third-order valence-corrected chi connectivity index (χ3v) is 8.01. The van der Waals surface area contributed by atoms with Crippen molar-refractivity contribution in [3.63, 3.8) is 0 Å². The van der Waals surface area contributed by atoms with Gasteiger partial charge in [0, 0.05) is 38.6 Å². The van der Waals surface area contributed by atoms with Crippen LogP contribution in [0, 0.1) is 0 Å². The van der Waals surface area contributed by atoms with E-state index in [-0.39, 0.29) is 15.9 Å². The highest BCUT2D eigenvalue weighted by Crippen LogP contribution is 2.27. The second-order valence-electron chi connectivity index (χ2n) is 9.46. The Morgan fingerprint density at radius 1 is 0.886 bits per heavy atom. The molecule has 2 N–H and O–H groups in total. The van der Waals surface area contributed by atoms with Gasteiger partial charge in [0.2, 0.25) is 16.0 Å². The Labute approximate surface area is 205 Å². The number of aromatic nitrogens is 2. The topological polar surface area (TPSA) is 116 Å².